The molecule has 2 fully saturated rings. The highest BCUT2D eigenvalue weighted by Gasteiger charge is 2.21. The fourth-order valence-corrected chi connectivity index (χ4v) is 3.76. The zero-order valence-corrected chi connectivity index (χ0v) is 15.2. The number of nitrogens with one attached hydrogen (secondary N) is 1. The maximum absolute atomic E-state index is 12.3. The van der Waals surface area contributed by atoms with E-state index in [1.54, 1.807) is 0 Å². The molecule has 26 heavy (non-hydrogen) atoms. The SMILES string of the molecule is O=C(CCN1CCN(c2ccc3ccccc3n2)CC1)N1CCNCC1. The van der Waals surface area contributed by atoms with Crippen molar-refractivity contribution in [2.45, 2.75) is 6.42 Å². The summed E-state index contributed by atoms with van der Waals surface area (Å²) in [6.45, 7) is 8.31. The molecule has 6 heteroatoms. The molecule has 1 aromatic heterocycles. The van der Waals surface area contributed by atoms with Crippen molar-refractivity contribution in [2.24, 2.45) is 0 Å². The summed E-state index contributed by atoms with van der Waals surface area (Å²) in [6, 6.07) is 12.5. The van der Waals surface area contributed by atoms with Gasteiger partial charge in [0.2, 0.25) is 5.91 Å². The zero-order valence-electron chi connectivity index (χ0n) is 15.2. The third-order valence-electron chi connectivity index (χ3n) is 5.39. The number of amides is 1. The molecule has 0 atom stereocenters. The van der Waals surface area contributed by atoms with Gasteiger partial charge in [-0.05, 0) is 18.2 Å². The first-order valence-electron chi connectivity index (χ1n) is 9.61. The van der Waals surface area contributed by atoms with Crippen LogP contribution in [0.2, 0.25) is 0 Å². The van der Waals surface area contributed by atoms with Gasteiger partial charge >= 0.3 is 0 Å². The summed E-state index contributed by atoms with van der Waals surface area (Å²) in [7, 11) is 0. The van der Waals surface area contributed by atoms with E-state index in [-0.39, 0.29) is 0 Å². The van der Waals surface area contributed by atoms with Gasteiger partial charge in [0.1, 0.15) is 5.82 Å². The summed E-state index contributed by atoms with van der Waals surface area (Å²) in [5, 5.41) is 4.47. The quantitative estimate of drug-likeness (QED) is 0.895. The fourth-order valence-electron chi connectivity index (χ4n) is 3.76. The van der Waals surface area contributed by atoms with Crippen LogP contribution >= 0.6 is 0 Å². The minimum absolute atomic E-state index is 0.296. The first-order valence-corrected chi connectivity index (χ1v) is 9.61. The Balaban J connectivity index is 1.27. The zero-order chi connectivity index (χ0) is 17.8. The van der Waals surface area contributed by atoms with Crippen LogP contribution in [0.1, 0.15) is 6.42 Å². The molecule has 1 aromatic carbocycles. The largest absolute Gasteiger partial charge is 0.354 e. The maximum atomic E-state index is 12.3. The number of para-hydroxylation sites is 1. The third-order valence-corrected chi connectivity index (χ3v) is 5.39. The van der Waals surface area contributed by atoms with Gasteiger partial charge in [-0.3, -0.25) is 9.69 Å². The molecule has 6 nitrogen and oxygen atoms in total. The molecule has 4 rings (SSSR count). The number of hydrogen-bond acceptors (Lipinski definition) is 5. The molecule has 2 saturated heterocycles. The standard InChI is InChI=1S/C20H27N5O/c26-20(25-11-8-21-9-12-25)7-10-23-13-15-24(16-14-23)19-6-5-17-3-1-2-4-18(17)22-19/h1-6,21H,7-16H2. The number of carbonyl (C=O) groups excluding carboxylic acids is 1. The molecule has 0 saturated carbocycles. The predicted molar refractivity (Wildman–Crippen MR) is 104 cm³/mol. The maximum Gasteiger partial charge on any atom is 0.223 e. The number of nitrogens with zero attached hydrogens (tertiary/aromatic N) is 4. The average Bonchev–Trinajstić information content (AvgIpc) is 2.72. The van der Waals surface area contributed by atoms with Crippen molar-refractivity contribution in [2.75, 3.05) is 63.8 Å². The van der Waals surface area contributed by atoms with Gasteiger partial charge in [0.05, 0.1) is 5.52 Å². The van der Waals surface area contributed by atoms with Crippen LogP contribution < -0.4 is 10.2 Å². The topological polar surface area (TPSA) is 51.7 Å². The molecule has 1 N–H and O–H groups in total. The van der Waals surface area contributed by atoms with E-state index in [2.05, 4.69) is 39.4 Å². The highest BCUT2D eigenvalue weighted by Crippen LogP contribution is 2.19. The number of hydrogen-bond donors (Lipinski definition) is 1. The van der Waals surface area contributed by atoms with E-state index in [0.717, 1.165) is 70.2 Å². The lowest BCUT2D eigenvalue weighted by atomic mass is 10.2. The Hall–Kier alpha value is -2.18. The second kappa shape index (κ2) is 8.01. The van der Waals surface area contributed by atoms with Crippen molar-refractivity contribution < 1.29 is 4.79 Å². The number of fused-ring (bicyclic) bond motifs is 1. The number of piperazine rings is 2. The minimum atomic E-state index is 0.296. The van der Waals surface area contributed by atoms with E-state index in [0.29, 0.717) is 12.3 Å². The van der Waals surface area contributed by atoms with Gasteiger partial charge in [0.25, 0.3) is 0 Å². The number of rotatable bonds is 4. The molecule has 138 valence electrons. The van der Waals surface area contributed by atoms with Gasteiger partial charge in [-0.1, -0.05) is 18.2 Å². The average molecular weight is 353 g/mol. The first-order chi connectivity index (χ1) is 12.8. The molecule has 0 spiro atoms. The van der Waals surface area contributed by atoms with Gasteiger partial charge in [0.15, 0.2) is 0 Å². The molecule has 0 aliphatic carbocycles. The molecule has 2 aliphatic heterocycles. The van der Waals surface area contributed by atoms with E-state index < -0.39 is 0 Å². The van der Waals surface area contributed by atoms with Crippen molar-refractivity contribution in [3.05, 3.63) is 36.4 Å². The lowest BCUT2D eigenvalue weighted by Gasteiger charge is -2.36. The van der Waals surface area contributed by atoms with Crippen molar-refractivity contribution in [1.29, 1.82) is 0 Å². The molecule has 1 amide bonds. The van der Waals surface area contributed by atoms with Gasteiger partial charge in [-0.25, -0.2) is 4.98 Å². The summed E-state index contributed by atoms with van der Waals surface area (Å²) in [4.78, 5) is 23.8. The smallest absolute Gasteiger partial charge is 0.223 e. The molecular formula is C20H27N5O. The van der Waals surface area contributed by atoms with Crippen LogP contribution in [0.3, 0.4) is 0 Å². The minimum Gasteiger partial charge on any atom is -0.354 e. The van der Waals surface area contributed by atoms with E-state index in [1.807, 2.05) is 17.0 Å². The lowest BCUT2D eigenvalue weighted by molar-refractivity contribution is -0.132. The van der Waals surface area contributed by atoms with E-state index >= 15 is 0 Å². The van der Waals surface area contributed by atoms with Gasteiger partial charge < -0.3 is 15.1 Å². The van der Waals surface area contributed by atoms with Gasteiger partial charge in [-0.15, -0.1) is 0 Å². The van der Waals surface area contributed by atoms with Crippen LogP contribution in [0.4, 0.5) is 5.82 Å². The Labute approximate surface area is 154 Å². The second-order valence-electron chi connectivity index (χ2n) is 7.07. The van der Waals surface area contributed by atoms with Crippen molar-refractivity contribution in [1.82, 2.24) is 20.1 Å². The van der Waals surface area contributed by atoms with Gasteiger partial charge in [-0.2, -0.15) is 0 Å². The molecule has 0 bridgehead atoms. The van der Waals surface area contributed by atoms with Crippen molar-refractivity contribution in [3.8, 4) is 0 Å². The first kappa shape index (κ1) is 17.2. The molecule has 0 radical (unpaired) electrons. The van der Waals surface area contributed by atoms with Crippen LogP contribution in [-0.2, 0) is 4.79 Å². The van der Waals surface area contributed by atoms with E-state index in [4.69, 9.17) is 4.98 Å². The summed E-state index contributed by atoms with van der Waals surface area (Å²) in [6.07, 6.45) is 0.633. The number of pyridine rings is 1. The number of carbonyl (C=O) groups is 1. The Bertz CT molecular complexity index is 751. The summed E-state index contributed by atoms with van der Waals surface area (Å²) in [5.74, 6) is 1.35. The van der Waals surface area contributed by atoms with Crippen LogP contribution in [0.5, 0.6) is 0 Å². The summed E-state index contributed by atoms with van der Waals surface area (Å²) >= 11 is 0. The summed E-state index contributed by atoms with van der Waals surface area (Å²) in [5.41, 5.74) is 1.05. The lowest BCUT2D eigenvalue weighted by Crippen LogP contribution is -2.49. The van der Waals surface area contributed by atoms with Crippen molar-refractivity contribution in [3.63, 3.8) is 0 Å². The van der Waals surface area contributed by atoms with Crippen LogP contribution in [0.25, 0.3) is 10.9 Å². The Morgan fingerprint density at radius 3 is 2.54 bits per heavy atom. The molecule has 2 aliphatic rings. The Morgan fingerprint density at radius 2 is 1.73 bits per heavy atom. The highest BCUT2D eigenvalue weighted by atomic mass is 16.2. The van der Waals surface area contributed by atoms with Gasteiger partial charge in [0, 0.05) is 70.7 Å². The number of anilines is 1. The number of benzene rings is 1. The Morgan fingerprint density at radius 1 is 0.962 bits per heavy atom. The van der Waals surface area contributed by atoms with E-state index in [1.165, 1.54) is 5.39 Å². The molecular weight excluding hydrogens is 326 g/mol. The Kier molecular flexibility index (Phi) is 5.32. The number of aromatic nitrogens is 1. The summed E-state index contributed by atoms with van der Waals surface area (Å²) < 4.78 is 0. The molecule has 0 unspecified atom stereocenters. The highest BCUT2D eigenvalue weighted by molar-refractivity contribution is 5.80. The van der Waals surface area contributed by atoms with Crippen molar-refractivity contribution >= 4 is 22.6 Å². The monoisotopic (exact) mass is 353 g/mol. The fraction of sp³-hybridized carbons (Fsp3) is 0.500. The normalized spacial score (nSPS) is 19.1. The second-order valence-corrected chi connectivity index (χ2v) is 7.07. The molecule has 3 heterocycles. The van der Waals surface area contributed by atoms with Crippen LogP contribution in [-0.4, -0.2) is 79.6 Å². The predicted octanol–water partition coefficient (Wildman–Crippen LogP) is 1.18. The third kappa shape index (κ3) is 3.97. The van der Waals surface area contributed by atoms with Crippen LogP contribution in [0.15, 0.2) is 36.4 Å². The van der Waals surface area contributed by atoms with E-state index in [9.17, 15) is 4.79 Å². The molecule has 2 aromatic rings. The van der Waals surface area contributed by atoms with Crippen LogP contribution in [0, 0.1) is 0 Å².